The van der Waals surface area contributed by atoms with Crippen molar-refractivity contribution < 1.29 is 4.79 Å². The number of piperazine rings is 1. The molecule has 0 aromatic carbocycles. The van der Waals surface area contributed by atoms with E-state index in [1.807, 2.05) is 24.6 Å². The van der Waals surface area contributed by atoms with Crippen molar-refractivity contribution >= 4 is 41.6 Å². The van der Waals surface area contributed by atoms with E-state index in [2.05, 4.69) is 20.5 Å². The Morgan fingerprint density at radius 1 is 1.47 bits per heavy atom. The highest BCUT2D eigenvalue weighted by molar-refractivity contribution is 7.99. The van der Waals surface area contributed by atoms with Crippen LogP contribution in [-0.2, 0) is 4.79 Å². The number of nitrogens with zero attached hydrogens (tertiary/aromatic N) is 2. The number of hydrogen-bond donors (Lipinski definition) is 2. The molecule has 5 nitrogen and oxygen atoms in total. The third-order valence-electron chi connectivity index (χ3n) is 2.77. The van der Waals surface area contributed by atoms with Gasteiger partial charge in [-0.15, -0.1) is 12.4 Å². The number of halogens is 1. The Morgan fingerprint density at radius 2 is 2.21 bits per heavy atom. The quantitative estimate of drug-likeness (QED) is 0.876. The summed E-state index contributed by atoms with van der Waals surface area (Å²) in [5, 5.41) is 6.09. The van der Waals surface area contributed by atoms with Crippen molar-refractivity contribution in [3.63, 3.8) is 0 Å². The van der Waals surface area contributed by atoms with Crippen LogP contribution in [0.4, 0.5) is 11.5 Å². The van der Waals surface area contributed by atoms with Crippen LogP contribution in [0.2, 0.25) is 0 Å². The molecule has 1 fully saturated rings. The first-order valence-corrected chi connectivity index (χ1v) is 7.39. The summed E-state index contributed by atoms with van der Waals surface area (Å²) >= 11 is 1.50. The first-order valence-electron chi connectivity index (χ1n) is 6.00. The van der Waals surface area contributed by atoms with Crippen molar-refractivity contribution in [1.29, 1.82) is 0 Å². The van der Waals surface area contributed by atoms with Crippen LogP contribution in [0, 0.1) is 0 Å². The smallest absolute Gasteiger partial charge is 0.235 e. The lowest BCUT2D eigenvalue weighted by Crippen LogP contribution is -2.43. The molecular formula is C12H19ClN4OS. The molecule has 1 aliphatic heterocycles. The molecule has 1 aliphatic rings. The van der Waals surface area contributed by atoms with E-state index < -0.39 is 0 Å². The Balaban J connectivity index is 0.00000180. The molecule has 0 saturated carbocycles. The number of aromatic nitrogens is 1. The summed E-state index contributed by atoms with van der Waals surface area (Å²) in [5.41, 5.74) is 1.11. The number of nitrogens with one attached hydrogen (secondary N) is 2. The van der Waals surface area contributed by atoms with Crippen LogP contribution in [0.15, 0.2) is 18.3 Å². The predicted octanol–water partition coefficient (Wildman–Crippen LogP) is 1.21. The van der Waals surface area contributed by atoms with Crippen LogP contribution in [0.25, 0.3) is 0 Å². The summed E-state index contributed by atoms with van der Waals surface area (Å²) in [7, 11) is 0. The lowest BCUT2D eigenvalue weighted by atomic mass is 10.3. The molecule has 106 valence electrons. The van der Waals surface area contributed by atoms with Crippen molar-refractivity contribution in [3.8, 4) is 0 Å². The Morgan fingerprint density at radius 3 is 2.79 bits per heavy atom. The summed E-state index contributed by atoms with van der Waals surface area (Å²) in [6, 6.07) is 3.86. The van der Waals surface area contributed by atoms with Crippen LogP contribution in [0.1, 0.15) is 0 Å². The molecule has 1 aromatic heterocycles. The van der Waals surface area contributed by atoms with Crippen molar-refractivity contribution in [2.24, 2.45) is 0 Å². The van der Waals surface area contributed by atoms with Gasteiger partial charge in [-0.1, -0.05) is 0 Å². The summed E-state index contributed by atoms with van der Waals surface area (Å²) < 4.78 is 0. The number of amides is 1. The molecule has 2 N–H and O–H groups in total. The largest absolute Gasteiger partial charge is 0.368 e. The minimum Gasteiger partial charge on any atom is -0.368 e. The monoisotopic (exact) mass is 302 g/mol. The fraction of sp³-hybridized carbons (Fsp3) is 0.500. The molecule has 1 saturated heterocycles. The first-order chi connectivity index (χ1) is 8.79. The maximum atomic E-state index is 11.4. The molecule has 0 bridgehead atoms. The van der Waals surface area contributed by atoms with E-state index in [1.165, 1.54) is 11.8 Å². The molecular weight excluding hydrogens is 284 g/mol. The van der Waals surface area contributed by atoms with Crippen molar-refractivity contribution in [2.75, 3.05) is 48.4 Å². The molecule has 7 heteroatoms. The number of carbonyl (C=O) groups is 1. The average Bonchev–Trinajstić information content (AvgIpc) is 2.41. The topological polar surface area (TPSA) is 57.3 Å². The van der Waals surface area contributed by atoms with Gasteiger partial charge in [0, 0.05) is 26.2 Å². The molecule has 0 aliphatic carbocycles. The molecule has 2 rings (SSSR count). The number of rotatable bonds is 4. The Kier molecular flexibility index (Phi) is 6.97. The lowest BCUT2D eigenvalue weighted by Gasteiger charge is -2.29. The SMILES string of the molecule is CSCC(=O)Nc1ccc(N2CCNCC2)cn1.Cl. The van der Waals surface area contributed by atoms with Gasteiger partial charge in [-0.3, -0.25) is 4.79 Å². The van der Waals surface area contributed by atoms with Crippen molar-refractivity contribution in [2.45, 2.75) is 0 Å². The van der Waals surface area contributed by atoms with Crippen molar-refractivity contribution in [1.82, 2.24) is 10.3 Å². The van der Waals surface area contributed by atoms with E-state index in [1.54, 1.807) is 0 Å². The second-order valence-corrected chi connectivity index (χ2v) is 4.99. The van der Waals surface area contributed by atoms with Gasteiger partial charge in [-0.25, -0.2) is 4.98 Å². The van der Waals surface area contributed by atoms with Gasteiger partial charge < -0.3 is 15.5 Å². The van der Waals surface area contributed by atoms with E-state index >= 15 is 0 Å². The van der Waals surface area contributed by atoms with Crippen molar-refractivity contribution in [3.05, 3.63) is 18.3 Å². The van der Waals surface area contributed by atoms with Crippen LogP contribution in [-0.4, -0.2) is 49.1 Å². The zero-order chi connectivity index (χ0) is 12.8. The normalized spacial score (nSPS) is 14.7. The number of carbonyl (C=O) groups excluding carboxylic acids is 1. The number of pyridine rings is 1. The van der Waals surface area contributed by atoms with Crippen LogP contribution >= 0.6 is 24.2 Å². The highest BCUT2D eigenvalue weighted by atomic mass is 35.5. The number of anilines is 2. The molecule has 0 spiro atoms. The zero-order valence-electron chi connectivity index (χ0n) is 10.9. The highest BCUT2D eigenvalue weighted by Crippen LogP contribution is 2.15. The average molecular weight is 303 g/mol. The van der Waals surface area contributed by atoms with Gasteiger partial charge in [0.2, 0.25) is 5.91 Å². The summed E-state index contributed by atoms with van der Waals surface area (Å²) in [5.74, 6) is 1.07. The fourth-order valence-corrected chi connectivity index (χ4v) is 2.21. The maximum absolute atomic E-state index is 11.4. The second kappa shape index (κ2) is 8.24. The first kappa shape index (κ1) is 16.1. The predicted molar refractivity (Wildman–Crippen MR) is 83.6 cm³/mol. The standard InChI is InChI=1S/C12H18N4OS.ClH/c1-18-9-12(17)15-11-3-2-10(8-14-11)16-6-4-13-5-7-16;/h2-3,8,13H,4-7,9H2,1H3,(H,14,15,17);1H. The molecule has 19 heavy (non-hydrogen) atoms. The van der Waals surface area contributed by atoms with Crippen LogP contribution in [0.3, 0.4) is 0 Å². The van der Waals surface area contributed by atoms with Gasteiger partial charge in [-0.2, -0.15) is 11.8 Å². The Bertz CT molecular complexity index is 395. The minimum atomic E-state index is -0.00933. The van der Waals surface area contributed by atoms with Gasteiger partial charge in [0.05, 0.1) is 17.6 Å². The molecule has 1 amide bonds. The highest BCUT2D eigenvalue weighted by Gasteiger charge is 2.10. The zero-order valence-corrected chi connectivity index (χ0v) is 12.5. The van der Waals surface area contributed by atoms with E-state index in [0.29, 0.717) is 11.6 Å². The van der Waals surface area contributed by atoms with Gasteiger partial charge in [0.15, 0.2) is 0 Å². The summed E-state index contributed by atoms with van der Waals surface area (Å²) in [6.45, 7) is 4.01. The second-order valence-electron chi connectivity index (χ2n) is 4.12. The third-order valence-corrected chi connectivity index (χ3v) is 3.32. The molecule has 0 unspecified atom stereocenters. The van der Waals surface area contributed by atoms with Crippen LogP contribution < -0.4 is 15.5 Å². The summed E-state index contributed by atoms with van der Waals surface area (Å²) in [6.07, 6.45) is 3.72. The van der Waals surface area contributed by atoms with Gasteiger partial charge in [-0.05, 0) is 18.4 Å². The third kappa shape index (κ3) is 4.89. The molecule has 1 aromatic rings. The number of hydrogen-bond acceptors (Lipinski definition) is 5. The molecule has 0 radical (unpaired) electrons. The summed E-state index contributed by atoms with van der Waals surface area (Å²) in [4.78, 5) is 18.0. The molecule has 0 atom stereocenters. The number of thioether (sulfide) groups is 1. The van der Waals surface area contributed by atoms with E-state index in [0.717, 1.165) is 31.9 Å². The van der Waals surface area contributed by atoms with Gasteiger partial charge in [0.25, 0.3) is 0 Å². The molecule has 2 heterocycles. The van der Waals surface area contributed by atoms with Gasteiger partial charge >= 0.3 is 0 Å². The van der Waals surface area contributed by atoms with E-state index in [9.17, 15) is 4.79 Å². The van der Waals surface area contributed by atoms with E-state index in [-0.39, 0.29) is 18.3 Å². The van der Waals surface area contributed by atoms with E-state index in [4.69, 9.17) is 0 Å². The maximum Gasteiger partial charge on any atom is 0.235 e. The lowest BCUT2D eigenvalue weighted by molar-refractivity contribution is -0.113. The Labute approximate surface area is 123 Å². The minimum absolute atomic E-state index is 0. The van der Waals surface area contributed by atoms with Crippen LogP contribution in [0.5, 0.6) is 0 Å². The fourth-order valence-electron chi connectivity index (χ4n) is 1.88. The van der Waals surface area contributed by atoms with Gasteiger partial charge in [0.1, 0.15) is 5.82 Å². The Hall–Kier alpha value is -0.980.